The maximum absolute atomic E-state index is 5.35. The van der Waals surface area contributed by atoms with Crippen molar-refractivity contribution in [1.29, 1.82) is 0 Å². The summed E-state index contributed by atoms with van der Waals surface area (Å²) in [4.78, 5) is 0. The third kappa shape index (κ3) is 17.0. The van der Waals surface area contributed by atoms with Gasteiger partial charge in [0.05, 0.1) is 0 Å². The van der Waals surface area contributed by atoms with Crippen molar-refractivity contribution >= 4 is 0 Å². The van der Waals surface area contributed by atoms with Gasteiger partial charge in [0.15, 0.2) is 0 Å². The molecule has 0 fully saturated rings. The van der Waals surface area contributed by atoms with Gasteiger partial charge in [-0.05, 0) is 19.3 Å². The first-order valence-electron chi connectivity index (χ1n) is 6.46. The van der Waals surface area contributed by atoms with Crippen LogP contribution in [0.25, 0.3) is 0 Å². The molecule has 0 aromatic rings. The molecule has 0 aromatic carbocycles. The van der Waals surface area contributed by atoms with Crippen molar-refractivity contribution in [3.8, 4) is 23.7 Å². The standard InChI is InChI=1S/C15H24O4/c1-16-10-6-8-14-18-12-4-3-5-13-19-15-9-7-11-17-2/h3-5,10-15H2,1-2H3. The zero-order valence-electron chi connectivity index (χ0n) is 12.0. The van der Waals surface area contributed by atoms with Gasteiger partial charge in [-0.2, -0.15) is 0 Å². The molecule has 0 aliphatic rings. The highest BCUT2D eigenvalue weighted by Crippen LogP contribution is 1.96. The van der Waals surface area contributed by atoms with Crippen LogP contribution in [0.4, 0.5) is 0 Å². The summed E-state index contributed by atoms with van der Waals surface area (Å²) in [5, 5.41) is 0. The first kappa shape index (κ1) is 18.0. The number of unbranched alkanes of at least 4 members (excludes halogenated alkanes) is 2. The highest BCUT2D eigenvalue weighted by molar-refractivity contribution is 4.99. The SMILES string of the molecule is COCC#CCOCCCCCOCC#CCOC. The minimum absolute atomic E-state index is 0.466. The molecular weight excluding hydrogens is 244 g/mol. The monoisotopic (exact) mass is 268 g/mol. The van der Waals surface area contributed by atoms with Crippen LogP contribution < -0.4 is 0 Å². The van der Waals surface area contributed by atoms with Crippen LogP contribution >= 0.6 is 0 Å². The fourth-order valence-electron chi connectivity index (χ4n) is 1.18. The van der Waals surface area contributed by atoms with E-state index in [1.807, 2.05) is 0 Å². The van der Waals surface area contributed by atoms with E-state index in [-0.39, 0.29) is 0 Å². The average Bonchev–Trinajstić information content (AvgIpc) is 2.43. The average molecular weight is 268 g/mol. The van der Waals surface area contributed by atoms with E-state index in [0.717, 1.165) is 32.5 Å². The van der Waals surface area contributed by atoms with Gasteiger partial charge >= 0.3 is 0 Å². The Balaban J connectivity index is 3.08. The van der Waals surface area contributed by atoms with Crippen LogP contribution in [0.2, 0.25) is 0 Å². The molecule has 0 saturated carbocycles. The first-order valence-corrected chi connectivity index (χ1v) is 6.46. The van der Waals surface area contributed by atoms with E-state index in [1.165, 1.54) is 0 Å². The Morgan fingerprint density at radius 2 is 1.00 bits per heavy atom. The van der Waals surface area contributed by atoms with Crippen LogP contribution in [0.15, 0.2) is 0 Å². The minimum Gasteiger partial charge on any atom is -0.372 e. The van der Waals surface area contributed by atoms with Gasteiger partial charge in [0.25, 0.3) is 0 Å². The molecule has 0 bridgehead atoms. The predicted octanol–water partition coefficient (Wildman–Crippen LogP) is 1.49. The molecule has 4 nitrogen and oxygen atoms in total. The second-order valence-electron chi connectivity index (χ2n) is 3.74. The molecule has 0 spiro atoms. The van der Waals surface area contributed by atoms with Crippen LogP contribution in [0, 0.1) is 23.7 Å². The van der Waals surface area contributed by atoms with E-state index >= 15 is 0 Å². The van der Waals surface area contributed by atoms with E-state index in [0.29, 0.717) is 26.4 Å². The number of ether oxygens (including phenoxy) is 4. The minimum atomic E-state index is 0.466. The van der Waals surface area contributed by atoms with Gasteiger partial charge in [-0.15, -0.1) is 0 Å². The summed E-state index contributed by atoms with van der Waals surface area (Å²) in [5.41, 5.74) is 0. The van der Waals surface area contributed by atoms with Gasteiger partial charge in [-0.25, -0.2) is 0 Å². The molecule has 0 rings (SSSR count). The highest BCUT2D eigenvalue weighted by atomic mass is 16.5. The molecule has 0 aliphatic carbocycles. The Bertz CT molecular complexity index is 263. The molecule has 0 aromatic heterocycles. The van der Waals surface area contributed by atoms with Crippen LogP contribution in [0.3, 0.4) is 0 Å². The molecule has 19 heavy (non-hydrogen) atoms. The predicted molar refractivity (Wildman–Crippen MR) is 74.8 cm³/mol. The van der Waals surface area contributed by atoms with E-state index in [1.54, 1.807) is 14.2 Å². The Hall–Kier alpha value is -1.04. The topological polar surface area (TPSA) is 36.9 Å². The quantitative estimate of drug-likeness (QED) is 0.444. The third-order valence-electron chi connectivity index (χ3n) is 2.11. The Morgan fingerprint density at radius 1 is 0.579 bits per heavy atom. The Labute approximate surface area is 116 Å². The third-order valence-corrected chi connectivity index (χ3v) is 2.11. The van der Waals surface area contributed by atoms with Crippen LogP contribution in [0.5, 0.6) is 0 Å². The molecule has 0 unspecified atom stereocenters. The summed E-state index contributed by atoms with van der Waals surface area (Å²) in [6.45, 7) is 3.39. The lowest BCUT2D eigenvalue weighted by molar-refractivity contribution is 0.144. The van der Waals surface area contributed by atoms with Gasteiger partial charge < -0.3 is 18.9 Å². The molecule has 0 N–H and O–H groups in total. The van der Waals surface area contributed by atoms with Crippen LogP contribution in [-0.4, -0.2) is 53.9 Å². The van der Waals surface area contributed by atoms with Crippen LogP contribution in [-0.2, 0) is 18.9 Å². The van der Waals surface area contributed by atoms with Gasteiger partial charge in [0.2, 0.25) is 0 Å². The van der Waals surface area contributed by atoms with Crippen molar-refractivity contribution in [1.82, 2.24) is 0 Å². The summed E-state index contributed by atoms with van der Waals surface area (Å²) in [6.07, 6.45) is 3.16. The number of rotatable bonds is 10. The normalized spacial score (nSPS) is 9.37. The fourth-order valence-corrected chi connectivity index (χ4v) is 1.18. The number of hydrogen-bond acceptors (Lipinski definition) is 4. The van der Waals surface area contributed by atoms with Gasteiger partial charge in [-0.3, -0.25) is 0 Å². The lowest BCUT2D eigenvalue weighted by Crippen LogP contribution is -1.98. The summed E-state index contributed by atoms with van der Waals surface area (Å²) in [7, 11) is 3.25. The zero-order chi connectivity index (χ0) is 14.0. The molecule has 0 saturated heterocycles. The largest absolute Gasteiger partial charge is 0.372 e. The molecule has 0 amide bonds. The summed E-state index contributed by atoms with van der Waals surface area (Å²) in [5.74, 6) is 11.4. The van der Waals surface area contributed by atoms with E-state index in [9.17, 15) is 0 Å². The van der Waals surface area contributed by atoms with Crippen molar-refractivity contribution < 1.29 is 18.9 Å². The fraction of sp³-hybridized carbons (Fsp3) is 0.733. The van der Waals surface area contributed by atoms with Gasteiger partial charge in [0, 0.05) is 27.4 Å². The lowest BCUT2D eigenvalue weighted by atomic mass is 10.2. The molecule has 0 atom stereocenters. The number of methoxy groups -OCH3 is 2. The molecule has 108 valence electrons. The summed E-state index contributed by atoms with van der Waals surface area (Å²) >= 11 is 0. The summed E-state index contributed by atoms with van der Waals surface area (Å²) in [6, 6.07) is 0. The highest BCUT2D eigenvalue weighted by Gasteiger charge is 1.90. The van der Waals surface area contributed by atoms with Crippen LogP contribution in [0.1, 0.15) is 19.3 Å². The maximum atomic E-state index is 5.35. The lowest BCUT2D eigenvalue weighted by Gasteiger charge is -2.01. The second-order valence-corrected chi connectivity index (χ2v) is 3.74. The zero-order valence-corrected chi connectivity index (χ0v) is 12.0. The molecule has 4 heteroatoms. The first-order chi connectivity index (χ1) is 9.41. The Kier molecular flexibility index (Phi) is 16.0. The maximum Gasteiger partial charge on any atom is 0.107 e. The van der Waals surface area contributed by atoms with Crippen molar-refractivity contribution in [2.45, 2.75) is 19.3 Å². The van der Waals surface area contributed by atoms with E-state index in [2.05, 4.69) is 23.7 Å². The van der Waals surface area contributed by atoms with Gasteiger partial charge in [0.1, 0.15) is 26.4 Å². The molecule has 0 heterocycles. The Morgan fingerprint density at radius 3 is 1.42 bits per heavy atom. The molecular formula is C15H24O4. The smallest absolute Gasteiger partial charge is 0.107 e. The van der Waals surface area contributed by atoms with Crippen molar-refractivity contribution in [2.75, 3.05) is 53.9 Å². The van der Waals surface area contributed by atoms with E-state index in [4.69, 9.17) is 18.9 Å². The van der Waals surface area contributed by atoms with E-state index < -0.39 is 0 Å². The second kappa shape index (κ2) is 17.0. The van der Waals surface area contributed by atoms with Crippen molar-refractivity contribution in [3.63, 3.8) is 0 Å². The molecule has 0 aliphatic heterocycles. The molecule has 0 radical (unpaired) electrons. The number of hydrogen-bond donors (Lipinski definition) is 0. The summed E-state index contributed by atoms with van der Waals surface area (Å²) < 4.78 is 20.3. The van der Waals surface area contributed by atoms with Crippen molar-refractivity contribution in [3.05, 3.63) is 0 Å². The van der Waals surface area contributed by atoms with Gasteiger partial charge in [-0.1, -0.05) is 23.7 Å². The van der Waals surface area contributed by atoms with Crippen molar-refractivity contribution in [2.24, 2.45) is 0 Å².